The summed E-state index contributed by atoms with van der Waals surface area (Å²) in [7, 11) is 1.48. The van der Waals surface area contributed by atoms with E-state index in [0.29, 0.717) is 5.76 Å². The van der Waals surface area contributed by atoms with Crippen molar-refractivity contribution in [3.05, 3.63) is 23.2 Å². The molecule has 0 aliphatic heterocycles. The van der Waals surface area contributed by atoms with E-state index in [4.69, 9.17) is 27.8 Å². The minimum absolute atomic E-state index is 0.147. The fraction of sp³-hybridized carbons (Fsp3) is 0.200. The topological polar surface area (TPSA) is 61.3 Å². The van der Waals surface area contributed by atoms with Crippen molar-refractivity contribution in [2.24, 2.45) is 11.5 Å². The van der Waals surface area contributed by atoms with Crippen LogP contribution in [0.1, 0.15) is 0 Å². The molecule has 0 heterocycles. The van der Waals surface area contributed by atoms with Crippen LogP contribution < -0.4 is 11.5 Å². The van der Waals surface area contributed by atoms with Crippen molar-refractivity contribution in [3.8, 4) is 0 Å². The van der Waals surface area contributed by atoms with Gasteiger partial charge in [-0.25, -0.2) is 0 Å². The lowest BCUT2D eigenvalue weighted by Crippen LogP contribution is -1.93. The normalized spacial score (nSPS) is 13.6. The number of allylic oxidation sites excluding steroid dienone is 1. The van der Waals surface area contributed by atoms with E-state index in [1.165, 1.54) is 19.4 Å². The van der Waals surface area contributed by atoms with Crippen LogP contribution in [0.5, 0.6) is 0 Å². The maximum atomic E-state index is 5.29. The van der Waals surface area contributed by atoms with Crippen LogP contribution in [0, 0.1) is 0 Å². The van der Waals surface area contributed by atoms with E-state index < -0.39 is 0 Å². The van der Waals surface area contributed by atoms with Crippen molar-refractivity contribution in [3.63, 3.8) is 0 Å². The predicted octanol–water partition coefficient (Wildman–Crippen LogP) is 0.472. The third-order valence-electron chi connectivity index (χ3n) is 0.680. The molecule has 0 aromatic heterocycles. The Morgan fingerprint density at radius 3 is 2.33 bits per heavy atom. The average Bonchev–Trinajstić information content (AvgIpc) is 1.82. The van der Waals surface area contributed by atoms with Gasteiger partial charge in [-0.2, -0.15) is 0 Å². The fourth-order valence-corrected chi connectivity index (χ4v) is 0.419. The molecule has 0 radical (unpaired) electrons. The maximum Gasteiger partial charge on any atom is 0.137 e. The lowest BCUT2D eigenvalue weighted by atomic mass is 10.5. The van der Waals surface area contributed by atoms with Crippen LogP contribution in [0.15, 0.2) is 23.2 Å². The molecule has 0 atom stereocenters. The van der Waals surface area contributed by atoms with Gasteiger partial charge in [0.15, 0.2) is 0 Å². The minimum Gasteiger partial charge on any atom is -0.495 e. The highest BCUT2D eigenvalue weighted by molar-refractivity contribution is 6.29. The second kappa shape index (κ2) is 4.09. The summed E-state index contributed by atoms with van der Waals surface area (Å²) < 4.78 is 4.71. The summed E-state index contributed by atoms with van der Waals surface area (Å²) >= 11 is 5.29. The first kappa shape index (κ1) is 8.17. The molecule has 4 heteroatoms. The quantitative estimate of drug-likeness (QED) is 0.340. The van der Waals surface area contributed by atoms with Gasteiger partial charge in [-0.3, -0.25) is 0 Å². The Labute approximate surface area is 58.9 Å². The lowest BCUT2D eigenvalue weighted by Gasteiger charge is -1.96. The smallest absolute Gasteiger partial charge is 0.137 e. The summed E-state index contributed by atoms with van der Waals surface area (Å²) in [6, 6.07) is 0. The van der Waals surface area contributed by atoms with E-state index in [1.807, 2.05) is 0 Å². The van der Waals surface area contributed by atoms with E-state index in [0.717, 1.165) is 0 Å². The Hall–Kier alpha value is -0.830. The van der Waals surface area contributed by atoms with Crippen LogP contribution in [-0.4, -0.2) is 7.11 Å². The molecule has 0 aliphatic rings. The zero-order chi connectivity index (χ0) is 7.28. The highest BCUT2D eigenvalue weighted by atomic mass is 35.5. The molecule has 0 saturated carbocycles. The standard InChI is InChI=1S/C5H9ClN2O/c1-9-4(3-7)2-5(6)8/h2-3H,7-8H2,1H3/b4-3+,5-2-. The molecule has 0 bridgehead atoms. The Kier molecular flexibility index (Phi) is 3.71. The summed E-state index contributed by atoms with van der Waals surface area (Å²) in [5, 5.41) is 0.147. The number of ether oxygens (including phenoxy) is 1. The summed E-state index contributed by atoms with van der Waals surface area (Å²) in [6.45, 7) is 0. The van der Waals surface area contributed by atoms with Crippen molar-refractivity contribution in [1.29, 1.82) is 0 Å². The molecule has 0 aliphatic carbocycles. The Morgan fingerprint density at radius 1 is 1.67 bits per heavy atom. The summed E-state index contributed by atoms with van der Waals surface area (Å²) in [5.41, 5.74) is 10.2. The van der Waals surface area contributed by atoms with E-state index >= 15 is 0 Å². The minimum atomic E-state index is 0.147. The number of methoxy groups -OCH3 is 1. The van der Waals surface area contributed by atoms with Crippen molar-refractivity contribution in [2.45, 2.75) is 0 Å². The van der Waals surface area contributed by atoms with Crippen LogP contribution >= 0.6 is 11.6 Å². The van der Waals surface area contributed by atoms with Crippen LogP contribution in [0.3, 0.4) is 0 Å². The van der Waals surface area contributed by atoms with E-state index in [-0.39, 0.29) is 5.16 Å². The van der Waals surface area contributed by atoms with Gasteiger partial charge in [0, 0.05) is 12.3 Å². The SMILES string of the molecule is COC(/C=C(\N)Cl)=C/N. The number of nitrogens with two attached hydrogens (primary N) is 2. The molecular formula is C5H9ClN2O. The summed E-state index contributed by atoms with van der Waals surface area (Å²) in [4.78, 5) is 0. The number of hydrogen-bond donors (Lipinski definition) is 2. The van der Waals surface area contributed by atoms with Crippen molar-refractivity contribution in [1.82, 2.24) is 0 Å². The van der Waals surface area contributed by atoms with Gasteiger partial charge in [0.2, 0.25) is 0 Å². The van der Waals surface area contributed by atoms with Gasteiger partial charge in [-0.05, 0) is 0 Å². The van der Waals surface area contributed by atoms with E-state index in [2.05, 4.69) is 0 Å². The molecule has 52 valence electrons. The second-order valence-corrected chi connectivity index (χ2v) is 1.74. The highest BCUT2D eigenvalue weighted by Crippen LogP contribution is 1.99. The molecule has 0 amide bonds. The number of halogens is 1. The second-order valence-electron chi connectivity index (χ2n) is 1.30. The van der Waals surface area contributed by atoms with Gasteiger partial charge in [0.1, 0.15) is 10.9 Å². The summed E-state index contributed by atoms with van der Waals surface area (Å²) in [5.74, 6) is 0.447. The predicted molar refractivity (Wildman–Crippen MR) is 37.4 cm³/mol. The van der Waals surface area contributed by atoms with Gasteiger partial charge in [0.05, 0.1) is 7.11 Å². The number of hydrogen-bond acceptors (Lipinski definition) is 3. The van der Waals surface area contributed by atoms with Crippen LogP contribution in [0.25, 0.3) is 0 Å². The fourth-order valence-electron chi connectivity index (χ4n) is 0.311. The highest BCUT2D eigenvalue weighted by Gasteiger charge is 1.87. The maximum absolute atomic E-state index is 5.29. The molecule has 4 N–H and O–H groups in total. The Balaban J connectivity index is 4.01. The summed E-state index contributed by atoms with van der Waals surface area (Å²) in [6.07, 6.45) is 2.69. The van der Waals surface area contributed by atoms with Crippen molar-refractivity contribution >= 4 is 11.6 Å². The third kappa shape index (κ3) is 3.73. The first-order chi connectivity index (χ1) is 4.20. The first-order valence-corrected chi connectivity index (χ1v) is 2.67. The molecular weight excluding hydrogens is 140 g/mol. The lowest BCUT2D eigenvalue weighted by molar-refractivity contribution is 0.305. The zero-order valence-electron chi connectivity index (χ0n) is 5.10. The van der Waals surface area contributed by atoms with Crippen molar-refractivity contribution < 1.29 is 4.74 Å². The van der Waals surface area contributed by atoms with Gasteiger partial charge in [-0.1, -0.05) is 11.6 Å². The molecule has 0 spiro atoms. The van der Waals surface area contributed by atoms with Crippen molar-refractivity contribution in [2.75, 3.05) is 7.11 Å². The molecule has 0 unspecified atom stereocenters. The Morgan fingerprint density at radius 2 is 2.22 bits per heavy atom. The largest absolute Gasteiger partial charge is 0.495 e. The molecule has 0 saturated heterocycles. The number of rotatable bonds is 2. The molecule has 0 fully saturated rings. The van der Waals surface area contributed by atoms with E-state index in [1.54, 1.807) is 0 Å². The van der Waals surface area contributed by atoms with E-state index in [9.17, 15) is 0 Å². The van der Waals surface area contributed by atoms with Gasteiger partial charge in [0.25, 0.3) is 0 Å². The first-order valence-electron chi connectivity index (χ1n) is 2.29. The zero-order valence-corrected chi connectivity index (χ0v) is 5.85. The van der Waals surface area contributed by atoms with Crippen LogP contribution in [0.4, 0.5) is 0 Å². The van der Waals surface area contributed by atoms with Gasteiger partial charge in [-0.15, -0.1) is 0 Å². The molecule has 3 nitrogen and oxygen atoms in total. The molecule has 0 aromatic carbocycles. The average molecular weight is 149 g/mol. The monoisotopic (exact) mass is 148 g/mol. The van der Waals surface area contributed by atoms with Gasteiger partial charge >= 0.3 is 0 Å². The van der Waals surface area contributed by atoms with Crippen LogP contribution in [-0.2, 0) is 4.74 Å². The molecule has 0 aromatic rings. The third-order valence-corrected chi connectivity index (χ3v) is 0.789. The molecule has 0 rings (SSSR count). The van der Waals surface area contributed by atoms with Crippen LogP contribution in [0.2, 0.25) is 0 Å². The van der Waals surface area contributed by atoms with Gasteiger partial charge < -0.3 is 16.2 Å². The Bertz CT molecular complexity index is 138. The molecule has 9 heavy (non-hydrogen) atoms.